The molecule has 10 heteroatoms. The van der Waals surface area contributed by atoms with Crippen molar-refractivity contribution < 1.29 is 47.7 Å². The largest absolute Gasteiger partial charge is 2.00 e. The van der Waals surface area contributed by atoms with Gasteiger partial charge in [-0.3, -0.25) is 0 Å². The van der Waals surface area contributed by atoms with Crippen LogP contribution in [0.5, 0.6) is 0 Å². The summed E-state index contributed by atoms with van der Waals surface area (Å²) in [6, 6.07) is 0.0330. The molecule has 2 atom stereocenters. The van der Waals surface area contributed by atoms with Gasteiger partial charge in [0.1, 0.15) is 0 Å². The van der Waals surface area contributed by atoms with Crippen LogP contribution in [0.2, 0.25) is 0 Å². The second-order valence-corrected chi connectivity index (χ2v) is 22.8. The van der Waals surface area contributed by atoms with Crippen LogP contribution in [0.1, 0.15) is 225 Å². The van der Waals surface area contributed by atoms with Crippen LogP contribution < -0.4 is 4.72 Å². The summed E-state index contributed by atoms with van der Waals surface area (Å²) < 4.78 is 62.2. The number of sulfonamides is 1. The molecule has 3 radical (unpaired) electrons. The monoisotopic (exact) mass is 1090 g/mol. The van der Waals surface area contributed by atoms with E-state index in [1.54, 1.807) is 6.08 Å². The van der Waals surface area contributed by atoms with Gasteiger partial charge >= 0.3 is 21.1 Å². The zero-order valence-corrected chi connectivity index (χ0v) is 50.0. The molecule has 0 aromatic rings. The van der Waals surface area contributed by atoms with Gasteiger partial charge in [-0.25, -0.2) is 21.9 Å². The first-order chi connectivity index (χ1) is 26.0. The van der Waals surface area contributed by atoms with Gasteiger partial charge in [0.25, 0.3) is 5.92 Å². The van der Waals surface area contributed by atoms with Crippen LogP contribution in [0.3, 0.4) is 0 Å². The Kier molecular flexibility index (Phi) is 62.5. The predicted octanol–water partition coefficient (Wildman–Crippen LogP) is 17.3. The quantitative estimate of drug-likeness (QED) is 0.107. The molecular weight excluding hydrogens is 979 g/mol. The van der Waals surface area contributed by atoms with E-state index in [4.69, 9.17) is 9.47 Å². The molecular formula is C53H115BF2NO4SW. The summed E-state index contributed by atoms with van der Waals surface area (Å²) in [4.78, 5) is 0. The molecule has 2 aliphatic carbocycles. The predicted molar refractivity (Wildman–Crippen MR) is 282 cm³/mol. The first-order valence-electron chi connectivity index (χ1n) is 23.0. The van der Waals surface area contributed by atoms with Crippen molar-refractivity contribution in [2.75, 3.05) is 0 Å². The summed E-state index contributed by atoms with van der Waals surface area (Å²) in [6.07, 6.45) is 14.4. The van der Waals surface area contributed by atoms with Crippen LogP contribution in [-0.4, -0.2) is 58.5 Å². The zero-order valence-electron chi connectivity index (χ0n) is 46.2. The topological polar surface area (TPSA) is 64.6 Å². The van der Waals surface area contributed by atoms with Crippen molar-refractivity contribution in [1.29, 1.82) is 0 Å². The minimum atomic E-state index is -2.94. The number of alkyl halides is 2. The van der Waals surface area contributed by atoms with Crippen molar-refractivity contribution in [2.45, 2.75) is 267 Å². The van der Waals surface area contributed by atoms with E-state index in [2.05, 4.69) is 136 Å². The normalized spacial score (nSPS) is 15.8. The number of hydrogen-bond acceptors (Lipinski definition) is 4. The van der Waals surface area contributed by atoms with Gasteiger partial charge in [0, 0.05) is 20.4 Å². The van der Waals surface area contributed by atoms with Crippen LogP contribution in [0, 0.1) is 55.3 Å². The molecule has 0 bridgehead atoms. The van der Waals surface area contributed by atoms with Gasteiger partial charge in [0.2, 0.25) is 10.0 Å². The Morgan fingerprint density at radius 3 is 1.14 bits per heavy atom. The van der Waals surface area contributed by atoms with Gasteiger partial charge < -0.3 is 24.3 Å². The van der Waals surface area contributed by atoms with E-state index in [-0.39, 0.29) is 63.1 Å². The third-order valence-electron chi connectivity index (χ3n) is 9.72. The summed E-state index contributed by atoms with van der Waals surface area (Å²) in [5, 5.41) is -0.0881. The number of nitrogens with one attached hydrogen (secondary N) is 1. The van der Waals surface area contributed by atoms with Gasteiger partial charge in [-0.15, -0.1) is 6.58 Å². The molecule has 5 nitrogen and oxygen atoms in total. The fourth-order valence-corrected chi connectivity index (χ4v) is 5.00. The van der Waals surface area contributed by atoms with Gasteiger partial charge in [-0.2, -0.15) is 0 Å². The molecule has 0 aliphatic heterocycles. The molecule has 2 rings (SSSR count). The van der Waals surface area contributed by atoms with Crippen LogP contribution in [0.25, 0.3) is 0 Å². The number of rotatable bonds is 14. The Hall–Kier alpha value is -0.0768. The molecule has 0 unspecified atom stereocenters. The zero-order chi connectivity index (χ0) is 47.3. The van der Waals surface area contributed by atoms with Crippen molar-refractivity contribution >= 4 is 18.4 Å². The van der Waals surface area contributed by atoms with E-state index in [1.165, 1.54) is 33.1 Å². The van der Waals surface area contributed by atoms with Crippen LogP contribution in [-0.2, 0) is 40.6 Å². The van der Waals surface area contributed by atoms with Crippen LogP contribution >= 0.6 is 0 Å². The standard InChI is InChI=1S/C11H22O2.C10H18F2.C8H18.C6H13NO2S.2C5H12.C5H10.CH4.2CH3.B.W/c1-8(2)12-10-6-5-7-11(10)13-9(3)4;1-8(2)6-5-7-10(11,12)9(3)4;1-7(2,3)8(4,5)6;1-5(2)7-10(8,9)6-3-4-6;3*1-4-5(2)3;;;;;/h8-11H,5-7H2,1-4H3;5,7-9H,6H2,1-4H3;1-6H3;5-7H,3-4H2,1-2H3;2*5H,4H2,1-3H3;4-5H,1H2,2-3H3;1H4;2*1H3;;/q;;;;;;;;2*-1;;+2/b;7-5+;;;;;;;;;;/t10-,11-;;;;;;;;;;;/m1.........../s1. The summed E-state index contributed by atoms with van der Waals surface area (Å²) in [5.41, 5.74) is 0.875. The number of ether oxygens (including phenoxy) is 2. The van der Waals surface area contributed by atoms with E-state index in [0.717, 1.165) is 50.0 Å². The van der Waals surface area contributed by atoms with Crippen molar-refractivity contribution in [3.63, 3.8) is 0 Å². The summed E-state index contributed by atoms with van der Waals surface area (Å²) in [7, 11) is -2.94. The molecule has 2 aliphatic rings. The Morgan fingerprint density at radius 1 is 0.667 bits per heavy atom. The molecule has 0 aromatic carbocycles. The molecule has 385 valence electrons. The Morgan fingerprint density at radius 2 is 0.968 bits per heavy atom. The Balaban J connectivity index is -0.0000000662. The SMILES string of the molecule is C.C=CC(C)C.CC(C)(C)C(C)(C)C.CC(C)C/C=C/C(F)(F)C(C)C.CC(C)NS(=O)(=O)C1CC1.CC(C)O[C@@H]1CCC[C@H]1OC(C)C.CCC(C)C.CCC(C)C.[B].[CH3-].[CH3-].[W+2]. The Labute approximate surface area is 415 Å². The van der Waals surface area contributed by atoms with Crippen molar-refractivity contribution in [2.24, 2.45) is 40.4 Å². The van der Waals surface area contributed by atoms with Crippen LogP contribution in [0.15, 0.2) is 24.8 Å². The first-order valence-corrected chi connectivity index (χ1v) is 24.6. The van der Waals surface area contributed by atoms with Gasteiger partial charge in [0.05, 0.1) is 29.7 Å². The fourth-order valence-electron chi connectivity index (χ4n) is 3.40. The molecule has 1 N–H and O–H groups in total. The van der Waals surface area contributed by atoms with Crippen LogP contribution in [0.4, 0.5) is 8.78 Å². The fraction of sp³-hybridized carbons (Fsp3) is 0.887. The van der Waals surface area contributed by atoms with E-state index < -0.39 is 21.9 Å². The van der Waals surface area contributed by atoms with Gasteiger partial charge in [0.15, 0.2) is 0 Å². The van der Waals surface area contributed by atoms with E-state index >= 15 is 0 Å². The molecule has 63 heavy (non-hydrogen) atoms. The molecule has 0 spiro atoms. The van der Waals surface area contributed by atoms with E-state index in [9.17, 15) is 17.2 Å². The maximum atomic E-state index is 12.9. The number of allylic oxidation sites excluding steroid dienone is 3. The molecule has 0 amide bonds. The second kappa shape index (κ2) is 45.7. The van der Waals surface area contributed by atoms with E-state index in [1.807, 2.05) is 33.8 Å². The number of halogens is 2. The number of hydrogen-bond donors (Lipinski definition) is 1. The minimum Gasteiger partial charge on any atom is -0.373 e. The van der Waals surface area contributed by atoms with Gasteiger partial charge in [-0.05, 0) is 121 Å². The van der Waals surface area contributed by atoms with Crippen molar-refractivity contribution in [3.8, 4) is 0 Å². The third kappa shape index (κ3) is 61.9. The summed E-state index contributed by atoms with van der Waals surface area (Å²) in [6.45, 7) is 53.8. The maximum Gasteiger partial charge on any atom is 2.00 e. The average molecular weight is 1100 g/mol. The summed E-state index contributed by atoms with van der Waals surface area (Å²) in [5.74, 6) is -0.389. The average Bonchev–Trinajstić information content (AvgIpc) is 3.83. The van der Waals surface area contributed by atoms with Crippen molar-refractivity contribution in [3.05, 3.63) is 39.7 Å². The minimum absolute atomic E-state index is 0. The Bertz CT molecular complexity index is 1040. The second-order valence-electron chi connectivity index (χ2n) is 20.8. The molecule has 0 heterocycles. The molecule has 2 fully saturated rings. The van der Waals surface area contributed by atoms with E-state index in [0.29, 0.717) is 47.1 Å². The third-order valence-corrected chi connectivity index (χ3v) is 11.9. The van der Waals surface area contributed by atoms with Gasteiger partial charge in [-0.1, -0.05) is 157 Å². The molecule has 0 saturated heterocycles. The first kappa shape index (κ1) is 86.1. The van der Waals surface area contributed by atoms with Crippen molar-refractivity contribution in [1.82, 2.24) is 4.72 Å². The molecule has 0 aromatic heterocycles. The summed E-state index contributed by atoms with van der Waals surface area (Å²) >= 11 is 0. The maximum absolute atomic E-state index is 12.9. The smallest absolute Gasteiger partial charge is 0.373 e. The molecule has 2 saturated carbocycles.